The predicted molar refractivity (Wildman–Crippen MR) is 65.5 cm³/mol. The maximum Gasteiger partial charge on any atom is 0.128 e. The summed E-state index contributed by atoms with van der Waals surface area (Å²) in [7, 11) is 3.87. The van der Waals surface area contributed by atoms with Crippen molar-refractivity contribution >= 4 is 17.4 Å². The summed E-state index contributed by atoms with van der Waals surface area (Å²) in [4.78, 5) is 6.27. The summed E-state index contributed by atoms with van der Waals surface area (Å²) in [6.45, 7) is 5.21. The molecule has 1 N–H and O–H groups in total. The van der Waals surface area contributed by atoms with Gasteiger partial charge in [0.2, 0.25) is 0 Å². The minimum Gasteiger partial charge on any atom is -0.356 e. The molecule has 4 heteroatoms. The highest BCUT2D eigenvalue weighted by Crippen LogP contribution is 2.19. The molecule has 3 nitrogen and oxygen atoms in total. The summed E-state index contributed by atoms with van der Waals surface area (Å²) in [5.41, 5.74) is 1.06. The van der Waals surface area contributed by atoms with Crippen LogP contribution in [-0.4, -0.2) is 25.6 Å². The van der Waals surface area contributed by atoms with E-state index < -0.39 is 0 Å². The zero-order valence-corrected chi connectivity index (χ0v) is 9.88. The van der Waals surface area contributed by atoms with Crippen molar-refractivity contribution in [3.63, 3.8) is 0 Å². The fourth-order valence-electron chi connectivity index (χ4n) is 1.29. The normalized spacial score (nSPS) is 10.1. The number of nitrogens with one attached hydrogen (secondary N) is 1. The summed E-state index contributed by atoms with van der Waals surface area (Å²) < 4.78 is 0. The summed E-state index contributed by atoms with van der Waals surface area (Å²) in [5, 5.41) is 3.77. The Bertz CT molecular complexity index is 339. The Hall–Kier alpha value is -1.06. The van der Waals surface area contributed by atoms with E-state index in [2.05, 4.69) is 16.9 Å². The molecule has 0 aliphatic heterocycles. The molecular formula is C11H16ClN3. The first-order chi connectivity index (χ1) is 7.19. The van der Waals surface area contributed by atoms with Gasteiger partial charge < -0.3 is 10.2 Å². The molecule has 0 aliphatic carbocycles. The number of halogens is 1. The van der Waals surface area contributed by atoms with Crippen molar-refractivity contribution < 1.29 is 0 Å². The second-order valence-corrected chi connectivity index (χ2v) is 3.74. The quantitative estimate of drug-likeness (QED) is 0.778. The van der Waals surface area contributed by atoms with Crippen LogP contribution in [0.15, 0.2) is 24.9 Å². The Labute approximate surface area is 95.8 Å². The van der Waals surface area contributed by atoms with Gasteiger partial charge in [0.05, 0.1) is 5.02 Å². The molecule has 0 unspecified atom stereocenters. The number of aromatic nitrogens is 1. The molecule has 1 heterocycles. The number of nitrogens with zero attached hydrogens (tertiary/aromatic N) is 2. The zero-order valence-electron chi connectivity index (χ0n) is 9.13. The third-order valence-electron chi connectivity index (χ3n) is 2.08. The van der Waals surface area contributed by atoms with Gasteiger partial charge in [0.15, 0.2) is 0 Å². The Morgan fingerprint density at radius 2 is 2.40 bits per heavy atom. The van der Waals surface area contributed by atoms with E-state index in [1.807, 2.05) is 31.1 Å². The third kappa shape index (κ3) is 3.22. The van der Waals surface area contributed by atoms with Crippen LogP contribution in [0.1, 0.15) is 5.56 Å². The van der Waals surface area contributed by atoms with E-state index in [0.29, 0.717) is 5.02 Å². The molecule has 0 saturated carbocycles. The molecular weight excluding hydrogens is 210 g/mol. The van der Waals surface area contributed by atoms with E-state index in [1.165, 1.54) is 0 Å². The molecule has 0 amide bonds. The highest BCUT2D eigenvalue weighted by molar-refractivity contribution is 6.31. The summed E-state index contributed by atoms with van der Waals surface area (Å²) in [6, 6.07) is 1.99. The second kappa shape index (κ2) is 5.73. The number of anilines is 1. The van der Waals surface area contributed by atoms with Crippen molar-refractivity contribution in [3.05, 3.63) is 35.5 Å². The summed E-state index contributed by atoms with van der Waals surface area (Å²) in [5.74, 6) is 0.907. The molecule has 0 aromatic carbocycles. The number of pyridine rings is 1. The van der Waals surface area contributed by atoms with E-state index in [4.69, 9.17) is 11.6 Å². The van der Waals surface area contributed by atoms with Gasteiger partial charge in [-0.2, -0.15) is 0 Å². The Morgan fingerprint density at radius 3 is 3.00 bits per heavy atom. The molecule has 0 spiro atoms. The largest absolute Gasteiger partial charge is 0.356 e. The molecule has 15 heavy (non-hydrogen) atoms. The van der Waals surface area contributed by atoms with Gasteiger partial charge in [-0.15, -0.1) is 6.58 Å². The van der Waals surface area contributed by atoms with Gasteiger partial charge in [-0.05, 0) is 18.7 Å². The molecule has 1 aromatic heterocycles. The third-order valence-corrected chi connectivity index (χ3v) is 2.42. The predicted octanol–water partition coefficient (Wildman–Crippen LogP) is 2.08. The van der Waals surface area contributed by atoms with Crippen molar-refractivity contribution in [3.8, 4) is 0 Å². The molecule has 0 fully saturated rings. The van der Waals surface area contributed by atoms with Crippen LogP contribution in [0.5, 0.6) is 0 Å². The zero-order chi connectivity index (χ0) is 11.3. The fraction of sp³-hybridized carbons (Fsp3) is 0.364. The maximum absolute atomic E-state index is 6.02. The molecule has 0 bridgehead atoms. The smallest absolute Gasteiger partial charge is 0.128 e. The maximum atomic E-state index is 6.02. The SMILES string of the molecule is C=CCN(C)c1cc(CNC)c(Cl)cn1. The highest BCUT2D eigenvalue weighted by Gasteiger charge is 2.05. The van der Waals surface area contributed by atoms with Crippen LogP contribution >= 0.6 is 11.6 Å². The van der Waals surface area contributed by atoms with Gasteiger partial charge in [0, 0.05) is 26.3 Å². The van der Waals surface area contributed by atoms with Gasteiger partial charge in [-0.3, -0.25) is 0 Å². The standard InChI is InChI=1S/C11H16ClN3/c1-4-5-15(3)11-6-9(7-13-2)10(12)8-14-11/h4,6,8,13H,1,5,7H2,2-3H3. The van der Waals surface area contributed by atoms with E-state index in [-0.39, 0.29) is 0 Å². The lowest BCUT2D eigenvalue weighted by Gasteiger charge is -2.17. The van der Waals surface area contributed by atoms with Gasteiger partial charge in [-0.1, -0.05) is 17.7 Å². The Morgan fingerprint density at radius 1 is 1.67 bits per heavy atom. The first-order valence-electron chi connectivity index (χ1n) is 4.80. The van der Waals surface area contributed by atoms with Crippen molar-refractivity contribution in [1.82, 2.24) is 10.3 Å². The van der Waals surface area contributed by atoms with Crippen LogP contribution in [0.25, 0.3) is 0 Å². The lowest BCUT2D eigenvalue weighted by Crippen LogP contribution is -2.18. The molecule has 0 saturated heterocycles. The van der Waals surface area contributed by atoms with Gasteiger partial charge in [0.1, 0.15) is 5.82 Å². The molecule has 1 aromatic rings. The minimum absolute atomic E-state index is 0.695. The average Bonchev–Trinajstić information content (AvgIpc) is 2.22. The number of likely N-dealkylation sites (N-methyl/N-ethyl adjacent to an activating group) is 1. The van der Waals surface area contributed by atoms with Crippen molar-refractivity contribution in [1.29, 1.82) is 0 Å². The molecule has 82 valence electrons. The summed E-state index contributed by atoms with van der Waals surface area (Å²) in [6.07, 6.45) is 3.52. The number of rotatable bonds is 5. The van der Waals surface area contributed by atoms with Gasteiger partial charge >= 0.3 is 0 Å². The summed E-state index contributed by atoms with van der Waals surface area (Å²) >= 11 is 6.02. The first kappa shape index (κ1) is 12.0. The topological polar surface area (TPSA) is 28.2 Å². The molecule has 1 rings (SSSR count). The van der Waals surface area contributed by atoms with Crippen molar-refractivity contribution in [2.75, 3.05) is 25.5 Å². The van der Waals surface area contributed by atoms with Crippen LogP contribution in [0.3, 0.4) is 0 Å². The highest BCUT2D eigenvalue weighted by atomic mass is 35.5. The average molecular weight is 226 g/mol. The fourth-order valence-corrected chi connectivity index (χ4v) is 1.46. The van der Waals surface area contributed by atoms with Crippen LogP contribution in [0.2, 0.25) is 5.02 Å². The van der Waals surface area contributed by atoms with E-state index in [9.17, 15) is 0 Å². The van der Waals surface area contributed by atoms with Crippen molar-refractivity contribution in [2.24, 2.45) is 0 Å². The molecule has 0 atom stereocenters. The van der Waals surface area contributed by atoms with Crippen LogP contribution in [0.4, 0.5) is 5.82 Å². The van der Waals surface area contributed by atoms with Crippen LogP contribution < -0.4 is 10.2 Å². The van der Waals surface area contributed by atoms with Crippen molar-refractivity contribution in [2.45, 2.75) is 6.54 Å². The van der Waals surface area contributed by atoms with E-state index >= 15 is 0 Å². The number of hydrogen-bond acceptors (Lipinski definition) is 3. The van der Waals surface area contributed by atoms with Crippen LogP contribution in [-0.2, 0) is 6.54 Å². The van der Waals surface area contributed by atoms with E-state index in [0.717, 1.165) is 24.5 Å². The lowest BCUT2D eigenvalue weighted by molar-refractivity contribution is 0.814. The van der Waals surface area contributed by atoms with Gasteiger partial charge in [-0.25, -0.2) is 4.98 Å². The van der Waals surface area contributed by atoms with Crippen LogP contribution in [0, 0.1) is 0 Å². The monoisotopic (exact) mass is 225 g/mol. The minimum atomic E-state index is 0.695. The van der Waals surface area contributed by atoms with Gasteiger partial charge in [0.25, 0.3) is 0 Å². The molecule has 0 aliphatic rings. The number of hydrogen-bond donors (Lipinski definition) is 1. The Kier molecular flexibility index (Phi) is 4.59. The Balaban J connectivity index is 2.90. The molecule has 0 radical (unpaired) electrons. The first-order valence-corrected chi connectivity index (χ1v) is 5.18. The lowest BCUT2D eigenvalue weighted by atomic mass is 10.2. The van der Waals surface area contributed by atoms with E-state index in [1.54, 1.807) is 6.20 Å². The second-order valence-electron chi connectivity index (χ2n) is 3.33.